The van der Waals surface area contributed by atoms with Crippen LogP contribution in [0.5, 0.6) is 5.75 Å². The van der Waals surface area contributed by atoms with Crippen molar-refractivity contribution in [2.45, 2.75) is 6.92 Å². The molecule has 3 N–H and O–H groups in total. The first kappa shape index (κ1) is 15.1. The first-order valence-corrected chi connectivity index (χ1v) is 6.81. The first-order valence-electron chi connectivity index (χ1n) is 6.02. The molecular weight excluding hydrogens is 338 g/mol. The van der Waals surface area contributed by atoms with Gasteiger partial charge in [0.25, 0.3) is 5.91 Å². The molecule has 0 aromatic heterocycles. The Morgan fingerprint density at radius 3 is 2.48 bits per heavy atom. The van der Waals surface area contributed by atoms with Crippen molar-refractivity contribution in [2.75, 3.05) is 5.32 Å². The van der Waals surface area contributed by atoms with Crippen LogP contribution in [0.2, 0.25) is 0 Å². The van der Waals surface area contributed by atoms with Crippen molar-refractivity contribution in [3.8, 4) is 5.75 Å². The number of amides is 1. The summed E-state index contributed by atoms with van der Waals surface area (Å²) in [5.41, 5.74) is 1.03. The number of benzene rings is 2. The number of phenols is 1. The Bertz CT molecular complexity index is 728. The van der Waals surface area contributed by atoms with E-state index in [9.17, 15) is 14.7 Å². The Morgan fingerprint density at radius 1 is 1.10 bits per heavy atom. The van der Waals surface area contributed by atoms with Crippen LogP contribution in [0.1, 0.15) is 26.3 Å². The average molecular weight is 350 g/mol. The van der Waals surface area contributed by atoms with Crippen molar-refractivity contribution in [3.05, 3.63) is 57.6 Å². The number of halogens is 1. The molecule has 0 atom stereocenters. The Labute approximate surface area is 129 Å². The van der Waals surface area contributed by atoms with Crippen LogP contribution in [0.25, 0.3) is 0 Å². The van der Waals surface area contributed by atoms with Crippen LogP contribution in [0, 0.1) is 6.92 Å². The van der Waals surface area contributed by atoms with Gasteiger partial charge in [0.15, 0.2) is 0 Å². The molecular formula is C15H12BrNO4. The van der Waals surface area contributed by atoms with Gasteiger partial charge in [0, 0.05) is 4.47 Å². The predicted octanol–water partition coefficient (Wildman–Crippen LogP) is 3.41. The molecule has 6 heteroatoms. The minimum absolute atomic E-state index is 0.0290. The number of carboxylic acid groups (broad SMARTS) is 1. The molecule has 0 aliphatic carbocycles. The van der Waals surface area contributed by atoms with E-state index in [1.54, 1.807) is 19.1 Å². The predicted molar refractivity (Wildman–Crippen MR) is 81.9 cm³/mol. The molecule has 0 fully saturated rings. The topological polar surface area (TPSA) is 86.6 Å². The number of hydrogen-bond donors (Lipinski definition) is 3. The van der Waals surface area contributed by atoms with Gasteiger partial charge in [-0.1, -0.05) is 27.6 Å². The molecule has 0 aliphatic rings. The Morgan fingerprint density at radius 2 is 1.81 bits per heavy atom. The Balaban J connectivity index is 2.38. The van der Waals surface area contributed by atoms with E-state index in [1.165, 1.54) is 24.3 Å². The van der Waals surface area contributed by atoms with E-state index >= 15 is 0 Å². The van der Waals surface area contributed by atoms with E-state index in [-0.39, 0.29) is 22.6 Å². The van der Waals surface area contributed by atoms with Gasteiger partial charge in [-0.15, -0.1) is 0 Å². The van der Waals surface area contributed by atoms with E-state index < -0.39 is 11.9 Å². The van der Waals surface area contributed by atoms with Crippen molar-refractivity contribution in [1.29, 1.82) is 0 Å². The molecule has 2 rings (SSSR count). The minimum atomic E-state index is -1.15. The Kier molecular flexibility index (Phi) is 4.28. The van der Waals surface area contributed by atoms with Crippen LogP contribution in [0.3, 0.4) is 0 Å². The molecule has 0 saturated heterocycles. The fraction of sp³-hybridized carbons (Fsp3) is 0.0667. The number of carbonyl (C=O) groups excluding carboxylic acids is 1. The van der Waals surface area contributed by atoms with Crippen molar-refractivity contribution in [1.82, 2.24) is 0 Å². The lowest BCUT2D eigenvalue weighted by atomic mass is 10.1. The summed E-state index contributed by atoms with van der Waals surface area (Å²) in [5, 5.41) is 21.4. The highest BCUT2D eigenvalue weighted by molar-refractivity contribution is 9.10. The number of phenolic OH excluding ortho intramolecular Hbond substituents is 1. The highest BCUT2D eigenvalue weighted by atomic mass is 79.9. The average Bonchev–Trinajstić information content (AvgIpc) is 2.41. The summed E-state index contributed by atoms with van der Waals surface area (Å²) in [6.45, 7) is 1.79. The number of aryl methyl sites for hydroxylation is 1. The number of rotatable bonds is 3. The lowest BCUT2D eigenvalue weighted by Crippen LogP contribution is -2.15. The molecule has 21 heavy (non-hydrogen) atoms. The van der Waals surface area contributed by atoms with Crippen LogP contribution < -0.4 is 5.32 Å². The molecule has 108 valence electrons. The zero-order valence-corrected chi connectivity index (χ0v) is 12.6. The zero-order chi connectivity index (χ0) is 15.6. The molecule has 0 heterocycles. The van der Waals surface area contributed by atoms with Gasteiger partial charge in [0.2, 0.25) is 0 Å². The third-order valence-electron chi connectivity index (χ3n) is 2.86. The fourth-order valence-corrected chi connectivity index (χ4v) is 2.19. The van der Waals surface area contributed by atoms with Crippen LogP contribution in [-0.4, -0.2) is 22.1 Å². The first-order chi connectivity index (χ1) is 9.88. The SMILES string of the molecule is Cc1ccc(O)c(C(=O)Nc2cc(Br)ccc2C(=O)O)c1. The zero-order valence-electron chi connectivity index (χ0n) is 11.1. The number of nitrogens with one attached hydrogen (secondary N) is 1. The van der Waals surface area contributed by atoms with Crippen LogP contribution >= 0.6 is 15.9 Å². The number of carboxylic acids is 1. The summed E-state index contributed by atoms with van der Waals surface area (Å²) < 4.78 is 0.635. The molecule has 0 radical (unpaired) electrons. The maximum atomic E-state index is 12.2. The number of aromatic carboxylic acids is 1. The maximum absolute atomic E-state index is 12.2. The van der Waals surface area contributed by atoms with Gasteiger partial charge in [-0.05, 0) is 37.3 Å². The van der Waals surface area contributed by atoms with Crippen molar-refractivity contribution < 1.29 is 19.8 Å². The summed E-state index contributed by atoms with van der Waals surface area (Å²) in [4.78, 5) is 23.4. The van der Waals surface area contributed by atoms with Gasteiger partial charge in [0.05, 0.1) is 16.8 Å². The standard InChI is InChI=1S/C15H12BrNO4/c1-8-2-5-13(18)11(6-8)14(19)17-12-7-9(16)3-4-10(12)15(20)21/h2-7,18H,1H3,(H,17,19)(H,20,21). The molecule has 5 nitrogen and oxygen atoms in total. The Hall–Kier alpha value is -2.34. The smallest absolute Gasteiger partial charge is 0.337 e. The summed E-state index contributed by atoms with van der Waals surface area (Å²) in [7, 11) is 0. The molecule has 2 aromatic rings. The summed E-state index contributed by atoms with van der Waals surface area (Å²) in [6, 6.07) is 9.08. The summed E-state index contributed by atoms with van der Waals surface area (Å²) in [6.07, 6.45) is 0. The normalized spacial score (nSPS) is 10.2. The fourth-order valence-electron chi connectivity index (χ4n) is 1.83. The third kappa shape index (κ3) is 3.41. The molecule has 0 unspecified atom stereocenters. The second-order valence-corrected chi connectivity index (χ2v) is 5.39. The number of anilines is 1. The quantitative estimate of drug-likeness (QED) is 0.792. The number of aromatic hydroxyl groups is 1. The highest BCUT2D eigenvalue weighted by Crippen LogP contribution is 2.24. The van der Waals surface area contributed by atoms with Gasteiger partial charge in [0.1, 0.15) is 5.75 Å². The van der Waals surface area contributed by atoms with Crippen LogP contribution in [-0.2, 0) is 0 Å². The van der Waals surface area contributed by atoms with E-state index in [2.05, 4.69) is 21.2 Å². The van der Waals surface area contributed by atoms with E-state index in [0.29, 0.717) is 4.47 Å². The lowest BCUT2D eigenvalue weighted by Gasteiger charge is -2.10. The maximum Gasteiger partial charge on any atom is 0.337 e. The largest absolute Gasteiger partial charge is 0.507 e. The summed E-state index contributed by atoms with van der Waals surface area (Å²) >= 11 is 3.22. The van der Waals surface area contributed by atoms with Gasteiger partial charge >= 0.3 is 5.97 Å². The van der Waals surface area contributed by atoms with Gasteiger partial charge in [-0.25, -0.2) is 4.79 Å². The van der Waals surface area contributed by atoms with Gasteiger partial charge in [-0.3, -0.25) is 4.79 Å². The van der Waals surface area contributed by atoms with Crippen molar-refractivity contribution >= 4 is 33.5 Å². The van der Waals surface area contributed by atoms with E-state index in [0.717, 1.165) is 5.56 Å². The highest BCUT2D eigenvalue weighted by Gasteiger charge is 2.16. The lowest BCUT2D eigenvalue weighted by molar-refractivity contribution is 0.0698. The monoisotopic (exact) mass is 349 g/mol. The van der Waals surface area contributed by atoms with E-state index in [4.69, 9.17) is 5.11 Å². The van der Waals surface area contributed by atoms with Crippen molar-refractivity contribution in [3.63, 3.8) is 0 Å². The molecule has 0 spiro atoms. The van der Waals surface area contributed by atoms with Gasteiger partial charge in [-0.2, -0.15) is 0 Å². The molecule has 2 aromatic carbocycles. The van der Waals surface area contributed by atoms with Crippen LogP contribution in [0.15, 0.2) is 40.9 Å². The molecule has 0 aliphatic heterocycles. The third-order valence-corrected chi connectivity index (χ3v) is 3.35. The second kappa shape index (κ2) is 5.97. The minimum Gasteiger partial charge on any atom is -0.507 e. The van der Waals surface area contributed by atoms with E-state index in [1.807, 2.05) is 0 Å². The van der Waals surface area contributed by atoms with Gasteiger partial charge < -0.3 is 15.5 Å². The van der Waals surface area contributed by atoms with Crippen LogP contribution in [0.4, 0.5) is 5.69 Å². The summed E-state index contributed by atoms with van der Waals surface area (Å²) in [5.74, 6) is -1.88. The molecule has 1 amide bonds. The number of hydrogen-bond acceptors (Lipinski definition) is 3. The number of carbonyl (C=O) groups is 2. The molecule has 0 bridgehead atoms. The van der Waals surface area contributed by atoms with Crippen molar-refractivity contribution in [2.24, 2.45) is 0 Å². The second-order valence-electron chi connectivity index (χ2n) is 4.47. The molecule has 0 saturated carbocycles.